The van der Waals surface area contributed by atoms with Crippen molar-refractivity contribution in [3.8, 4) is 11.5 Å². The molecule has 0 aliphatic heterocycles. The number of fused-ring (bicyclic) bond motifs is 5. The Hall–Kier alpha value is -2.29. The largest absolute Gasteiger partial charge is 0.488 e. The second-order valence-corrected chi connectivity index (χ2v) is 14.4. The number of ether oxygens (including phenoxy) is 2. The van der Waals surface area contributed by atoms with E-state index in [4.69, 9.17) is 9.47 Å². The van der Waals surface area contributed by atoms with Crippen molar-refractivity contribution in [3.63, 3.8) is 0 Å². The number of rotatable bonds is 10. The lowest BCUT2D eigenvalue weighted by Gasteiger charge is -2.44. The van der Waals surface area contributed by atoms with Crippen molar-refractivity contribution in [2.75, 3.05) is 0 Å². The molecule has 39 heavy (non-hydrogen) atoms. The van der Waals surface area contributed by atoms with E-state index in [1.54, 1.807) is 0 Å². The van der Waals surface area contributed by atoms with E-state index in [-0.39, 0.29) is 17.0 Å². The molecule has 0 aromatic heterocycles. The van der Waals surface area contributed by atoms with E-state index in [0.717, 1.165) is 42.8 Å². The Morgan fingerprint density at radius 2 is 1.49 bits per heavy atom. The maximum atomic E-state index is 12.9. The van der Waals surface area contributed by atoms with Gasteiger partial charge in [-0.2, -0.15) is 0 Å². The van der Waals surface area contributed by atoms with Gasteiger partial charge in [-0.15, -0.1) is 0 Å². The Bertz CT molecular complexity index is 1170. The van der Waals surface area contributed by atoms with Gasteiger partial charge in [-0.25, -0.2) is 0 Å². The van der Waals surface area contributed by atoms with Crippen molar-refractivity contribution in [3.05, 3.63) is 59.7 Å². The van der Waals surface area contributed by atoms with Gasteiger partial charge in [-0.3, -0.25) is 4.79 Å². The fraction of sp³-hybridized carbons (Fsp3) is 0.639. The molecule has 0 saturated heterocycles. The molecule has 6 rings (SSSR count). The number of benzene rings is 2. The Balaban J connectivity index is 1.28. The molecular weight excluding hydrogens is 480 g/mol. The van der Waals surface area contributed by atoms with E-state index in [1.807, 2.05) is 26.0 Å². The number of unbranched alkanes of at least 4 members (excludes halogenated alkanes) is 1. The molecule has 2 aromatic rings. The van der Waals surface area contributed by atoms with E-state index in [1.165, 1.54) is 56.1 Å². The highest BCUT2D eigenvalue weighted by Gasteiger charge is 2.61. The van der Waals surface area contributed by atoms with Gasteiger partial charge in [0.05, 0.1) is 5.41 Å². The normalized spacial score (nSPS) is 29.9. The molecule has 3 nitrogen and oxygen atoms in total. The Kier molecular flexibility index (Phi) is 6.87. The summed E-state index contributed by atoms with van der Waals surface area (Å²) in [6.45, 7) is 10.6. The van der Waals surface area contributed by atoms with Gasteiger partial charge in [0.15, 0.2) is 0 Å². The van der Waals surface area contributed by atoms with Crippen LogP contribution in [0.25, 0.3) is 0 Å². The first kappa shape index (κ1) is 26.9. The van der Waals surface area contributed by atoms with Gasteiger partial charge in [0, 0.05) is 5.41 Å². The van der Waals surface area contributed by atoms with Crippen LogP contribution in [0.5, 0.6) is 11.5 Å². The number of hydrogen-bond donors (Lipinski definition) is 0. The SMILES string of the molecule is CCCCC(C)(C)C(=O)Oc1ccc(C2(c3ccc(OC(C)(C)C4CC4)cc3)CC3CC2C2CCCC32)cc1. The first-order valence-corrected chi connectivity index (χ1v) is 15.8. The van der Waals surface area contributed by atoms with Gasteiger partial charge < -0.3 is 9.47 Å². The molecule has 0 heterocycles. The van der Waals surface area contributed by atoms with Crippen LogP contribution >= 0.6 is 0 Å². The van der Waals surface area contributed by atoms with Crippen molar-refractivity contribution >= 4 is 5.97 Å². The Labute approximate surface area is 236 Å². The zero-order valence-corrected chi connectivity index (χ0v) is 24.8. The second kappa shape index (κ2) is 9.96. The topological polar surface area (TPSA) is 35.5 Å². The van der Waals surface area contributed by atoms with Crippen LogP contribution < -0.4 is 9.47 Å². The number of carbonyl (C=O) groups excluding carboxylic acids is 1. The molecule has 4 saturated carbocycles. The zero-order valence-electron chi connectivity index (χ0n) is 24.8. The van der Waals surface area contributed by atoms with Gasteiger partial charge in [0.1, 0.15) is 17.1 Å². The van der Waals surface area contributed by atoms with E-state index < -0.39 is 5.41 Å². The predicted octanol–water partition coefficient (Wildman–Crippen LogP) is 9.12. The highest BCUT2D eigenvalue weighted by atomic mass is 16.5. The molecule has 210 valence electrons. The second-order valence-electron chi connectivity index (χ2n) is 14.4. The van der Waals surface area contributed by atoms with Crippen molar-refractivity contribution in [1.82, 2.24) is 0 Å². The summed E-state index contributed by atoms with van der Waals surface area (Å²) < 4.78 is 12.4. The third-order valence-electron chi connectivity index (χ3n) is 11.1. The Morgan fingerprint density at radius 3 is 2.10 bits per heavy atom. The van der Waals surface area contributed by atoms with Crippen LogP contribution in [0.15, 0.2) is 48.5 Å². The predicted molar refractivity (Wildman–Crippen MR) is 157 cm³/mol. The molecule has 2 bridgehead atoms. The summed E-state index contributed by atoms with van der Waals surface area (Å²) in [7, 11) is 0. The van der Waals surface area contributed by atoms with Crippen molar-refractivity contribution in [2.24, 2.45) is 35.0 Å². The van der Waals surface area contributed by atoms with E-state index in [0.29, 0.717) is 17.6 Å². The van der Waals surface area contributed by atoms with Crippen LogP contribution in [0.1, 0.15) is 110 Å². The summed E-state index contributed by atoms with van der Waals surface area (Å²) >= 11 is 0. The van der Waals surface area contributed by atoms with Crippen molar-refractivity contribution in [2.45, 2.75) is 110 Å². The molecular formula is C36H48O3. The average molecular weight is 529 g/mol. The minimum absolute atomic E-state index is 0.0314. The molecule has 5 unspecified atom stereocenters. The zero-order chi connectivity index (χ0) is 27.4. The quantitative estimate of drug-likeness (QED) is 0.228. The summed E-state index contributed by atoms with van der Waals surface area (Å²) in [5, 5.41) is 0. The van der Waals surface area contributed by atoms with Gasteiger partial charge in [-0.05, 0) is 138 Å². The lowest BCUT2D eigenvalue weighted by atomic mass is 9.59. The van der Waals surface area contributed by atoms with Crippen LogP contribution in [0, 0.1) is 35.0 Å². The van der Waals surface area contributed by atoms with Crippen molar-refractivity contribution < 1.29 is 14.3 Å². The number of esters is 1. The molecule has 4 aliphatic carbocycles. The molecule has 4 aliphatic rings. The minimum Gasteiger partial charge on any atom is -0.488 e. The van der Waals surface area contributed by atoms with Crippen LogP contribution in [0.4, 0.5) is 0 Å². The molecule has 0 radical (unpaired) electrons. The number of hydrogen-bond acceptors (Lipinski definition) is 3. The highest BCUT2D eigenvalue weighted by Crippen LogP contribution is 2.68. The number of carbonyl (C=O) groups is 1. The molecule has 2 aromatic carbocycles. The van der Waals surface area contributed by atoms with Gasteiger partial charge in [-0.1, -0.05) is 50.5 Å². The molecule has 0 spiro atoms. The molecule has 0 amide bonds. The summed E-state index contributed by atoms with van der Waals surface area (Å²) in [5.41, 5.74) is 2.29. The fourth-order valence-corrected chi connectivity index (χ4v) is 8.75. The molecule has 5 atom stereocenters. The van der Waals surface area contributed by atoms with Crippen LogP contribution in [-0.4, -0.2) is 11.6 Å². The third-order valence-corrected chi connectivity index (χ3v) is 11.1. The van der Waals surface area contributed by atoms with Crippen LogP contribution in [0.2, 0.25) is 0 Å². The van der Waals surface area contributed by atoms with E-state index in [2.05, 4.69) is 57.2 Å². The average Bonchev–Trinajstić information content (AvgIpc) is 3.41. The van der Waals surface area contributed by atoms with Crippen LogP contribution in [-0.2, 0) is 10.2 Å². The summed E-state index contributed by atoms with van der Waals surface area (Å²) in [6, 6.07) is 17.7. The molecule has 3 heteroatoms. The van der Waals surface area contributed by atoms with E-state index >= 15 is 0 Å². The summed E-state index contributed by atoms with van der Waals surface area (Å²) in [4.78, 5) is 12.9. The summed E-state index contributed by atoms with van der Waals surface area (Å²) in [6.07, 6.45) is 12.3. The first-order valence-electron chi connectivity index (χ1n) is 15.8. The maximum absolute atomic E-state index is 12.9. The maximum Gasteiger partial charge on any atom is 0.316 e. The van der Waals surface area contributed by atoms with Gasteiger partial charge in [0.25, 0.3) is 0 Å². The monoisotopic (exact) mass is 528 g/mol. The fourth-order valence-electron chi connectivity index (χ4n) is 8.75. The molecule has 4 fully saturated rings. The third kappa shape index (κ3) is 4.82. The lowest BCUT2D eigenvalue weighted by Crippen LogP contribution is -2.40. The minimum atomic E-state index is -0.462. The van der Waals surface area contributed by atoms with Gasteiger partial charge >= 0.3 is 5.97 Å². The smallest absolute Gasteiger partial charge is 0.316 e. The van der Waals surface area contributed by atoms with Gasteiger partial charge in [0.2, 0.25) is 0 Å². The highest BCUT2D eigenvalue weighted by molar-refractivity contribution is 5.78. The van der Waals surface area contributed by atoms with Crippen LogP contribution in [0.3, 0.4) is 0 Å². The van der Waals surface area contributed by atoms with Crippen molar-refractivity contribution in [1.29, 1.82) is 0 Å². The first-order chi connectivity index (χ1) is 18.6. The van der Waals surface area contributed by atoms with E-state index in [9.17, 15) is 4.79 Å². The Morgan fingerprint density at radius 1 is 0.872 bits per heavy atom. The lowest BCUT2D eigenvalue weighted by molar-refractivity contribution is -0.144. The summed E-state index contributed by atoms with van der Waals surface area (Å²) in [5.74, 6) is 5.48. The standard InChI is InChI=1S/C36H48O3/c1-6-7-21-34(2,3)33(37)38-28-17-13-26(14-18-28)36(23-24-22-32(36)31-10-8-9-30(24)31)27-15-19-29(20-16-27)39-35(4,5)25-11-12-25/h13-20,24-25,30-32H,6-12,21-23H2,1-5H3. The molecule has 0 N–H and O–H groups in total.